The molecule has 2 radical (unpaired) electrons. The van der Waals surface area contributed by atoms with Gasteiger partial charge in [-0.25, -0.2) is 0 Å². The second-order valence-corrected chi connectivity index (χ2v) is 3.44. The minimum Gasteiger partial charge on any atom is -0.504 e. The molecule has 0 unspecified atom stereocenters. The van der Waals surface area contributed by atoms with Crippen molar-refractivity contribution in [3.05, 3.63) is 28.3 Å². The van der Waals surface area contributed by atoms with E-state index in [0.717, 1.165) is 12.1 Å². The Morgan fingerprint density at radius 2 is 1.82 bits per heavy atom. The molecule has 0 atom stereocenters. The molecule has 0 saturated carbocycles. The normalized spacial score (nSPS) is 9.71. The van der Waals surface area contributed by atoms with E-state index in [2.05, 4.69) is 4.18 Å². The van der Waals surface area contributed by atoms with Crippen molar-refractivity contribution in [1.29, 1.82) is 0 Å². The van der Waals surface area contributed by atoms with Gasteiger partial charge in [0.1, 0.15) is 0 Å². The Labute approximate surface area is 182 Å². The third kappa shape index (κ3) is 7.54. The van der Waals surface area contributed by atoms with E-state index >= 15 is 0 Å². The van der Waals surface area contributed by atoms with Crippen molar-refractivity contribution in [3.8, 4) is 11.5 Å². The summed E-state index contributed by atoms with van der Waals surface area (Å²) in [5.74, 6) is -1.36. The number of aromatic hydroxyl groups is 1. The molecular formula is C6H5K2NO7S. The predicted molar refractivity (Wildman–Crippen MR) is 58.4 cm³/mol. The van der Waals surface area contributed by atoms with E-state index in [1.165, 1.54) is 0 Å². The van der Waals surface area contributed by atoms with Crippen molar-refractivity contribution in [2.75, 3.05) is 0 Å². The fourth-order valence-electron chi connectivity index (χ4n) is 0.797. The van der Waals surface area contributed by atoms with Crippen LogP contribution in [0.5, 0.6) is 11.5 Å². The minimum absolute atomic E-state index is 0. The maximum absolute atomic E-state index is 10.3. The molecule has 0 aromatic heterocycles. The summed E-state index contributed by atoms with van der Waals surface area (Å²) in [7, 11) is -4.82. The quantitative estimate of drug-likeness (QED) is 0.340. The van der Waals surface area contributed by atoms with E-state index in [1.807, 2.05) is 0 Å². The van der Waals surface area contributed by atoms with Crippen LogP contribution in [0, 0.1) is 10.1 Å². The first-order valence-corrected chi connectivity index (χ1v) is 4.80. The van der Waals surface area contributed by atoms with Gasteiger partial charge in [0.2, 0.25) is 0 Å². The Bertz CT molecular complexity index is 503. The first-order valence-electron chi connectivity index (χ1n) is 3.44. The Hall–Kier alpha value is 1.40. The first-order chi connectivity index (χ1) is 6.79. The van der Waals surface area contributed by atoms with Crippen molar-refractivity contribution in [3.63, 3.8) is 0 Å². The maximum Gasteiger partial charge on any atom is 0.446 e. The van der Waals surface area contributed by atoms with Gasteiger partial charge in [0, 0.05) is 109 Å². The van der Waals surface area contributed by atoms with Gasteiger partial charge in [0.25, 0.3) is 5.69 Å². The molecule has 11 heteroatoms. The molecule has 0 spiro atoms. The van der Waals surface area contributed by atoms with Gasteiger partial charge in [-0.1, -0.05) is 0 Å². The van der Waals surface area contributed by atoms with Gasteiger partial charge in [0.15, 0.2) is 11.5 Å². The zero-order chi connectivity index (χ0) is 11.6. The molecule has 8 nitrogen and oxygen atoms in total. The van der Waals surface area contributed by atoms with Gasteiger partial charge in [-0.15, -0.1) is 0 Å². The molecule has 0 aliphatic carbocycles. The Morgan fingerprint density at radius 1 is 1.29 bits per heavy atom. The molecule has 0 aliphatic heterocycles. The topological polar surface area (TPSA) is 127 Å². The summed E-state index contributed by atoms with van der Waals surface area (Å²) in [5, 5.41) is 19.3. The van der Waals surface area contributed by atoms with Crippen LogP contribution in [0.4, 0.5) is 5.69 Å². The monoisotopic (exact) mass is 313 g/mol. The zero-order valence-corrected chi connectivity index (χ0v) is 16.1. The van der Waals surface area contributed by atoms with Crippen LogP contribution in [0.3, 0.4) is 0 Å². The van der Waals surface area contributed by atoms with Crippen LogP contribution < -0.4 is 4.18 Å². The third-order valence-electron chi connectivity index (χ3n) is 1.35. The van der Waals surface area contributed by atoms with E-state index in [1.54, 1.807) is 0 Å². The molecule has 17 heavy (non-hydrogen) atoms. The summed E-state index contributed by atoms with van der Waals surface area (Å²) < 4.78 is 32.8. The molecule has 0 bridgehead atoms. The molecule has 0 fully saturated rings. The van der Waals surface area contributed by atoms with Gasteiger partial charge in [0.05, 0.1) is 11.0 Å². The third-order valence-corrected chi connectivity index (χ3v) is 1.74. The van der Waals surface area contributed by atoms with Gasteiger partial charge in [-0.2, -0.15) is 8.42 Å². The number of nitro groups is 1. The van der Waals surface area contributed by atoms with E-state index in [9.17, 15) is 18.5 Å². The summed E-state index contributed by atoms with van der Waals surface area (Å²) in [6.45, 7) is 0. The van der Waals surface area contributed by atoms with Crippen molar-refractivity contribution >= 4 is 119 Å². The Kier molecular flexibility index (Phi) is 10.4. The molecule has 2 N–H and O–H groups in total. The average Bonchev–Trinajstić information content (AvgIpc) is 2.06. The number of benzene rings is 1. The number of phenols is 1. The van der Waals surface area contributed by atoms with E-state index in [0.29, 0.717) is 6.07 Å². The first kappa shape index (κ1) is 20.7. The predicted octanol–water partition coefficient (Wildman–Crippen LogP) is -0.280. The van der Waals surface area contributed by atoms with Crippen molar-refractivity contribution in [2.45, 2.75) is 0 Å². The number of hydrogen-bond donors (Lipinski definition) is 2. The zero-order valence-electron chi connectivity index (χ0n) is 9.02. The Morgan fingerprint density at radius 3 is 2.24 bits per heavy atom. The number of phenolic OH excluding ortho intramolecular Hbond substituents is 1. The molecule has 0 heterocycles. The molecule has 1 aromatic carbocycles. The summed E-state index contributed by atoms with van der Waals surface area (Å²) in [6.07, 6.45) is 0. The molecule has 1 aromatic rings. The number of hydrogen-bond acceptors (Lipinski definition) is 6. The van der Waals surface area contributed by atoms with Crippen molar-refractivity contribution in [1.82, 2.24) is 0 Å². The number of non-ortho nitro benzene ring substituents is 1. The minimum atomic E-state index is -4.82. The second kappa shape index (κ2) is 8.55. The average molecular weight is 313 g/mol. The van der Waals surface area contributed by atoms with Crippen molar-refractivity contribution < 1.29 is 27.2 Å². The number of nitro benzene ring substituents is 1. The largest absolute Gasteiger partial charge is 0.504 e. The molecule has 84 valence electrons. The van der Waals surface area contributed by atoms with Crippen LogP contribution in [0.15, 0.2) is 18.2 Å². The molecule has 1 rings (SSSR count). The number of rotatable bonds is 3. The van der Waals surface area contributed by atoms with E-state index < -0.39 is 32.5 Å². The van der Waals surface area contributed by atoms with Gasteiger partial charge >= 0.3 is 10.4 Å². The molecule has 0 saturated heterocycles. The summed E-state index contributed by atoms with van der Waals surface area (Å²) in [5.41, 5.74) is -0.480. The van der Waals surface area contributed by atoms with Crippen LogP contribution in [0.2, 0.25) is 0 Å². The molecule has 0 amide bonds. The van der Waals surface area contributed by atoms with Crippen LogP contribution in [0.25, 0.3) is 0 Å². The van der Waals surface area contributed by atoms with Gasteiger partial charge < -0.3 is 9.29 Å². The fourth-order valence-corrected chi connectivity index (χ4v) is 1.16. The van der Waals surface area contributed by atoms with Crippen LogP contribution in [0.1, 0.15) is 0 Å². The summed E-state index contributed by atoms with van der Waals surface area (Å²) in [4.78, 5) is 9.48. The fraction of sp³-hybridized carbons (Fsp3) is 0. The standard InChI is InChI=1S/C6H5NO7S.2K/c8-5-2-1-4(7(9)10)3-6(5)14-15(11,12)13;;/h1-3,8H,(H,11,12,13);;. The summed E-state index contributed by atoms with van der Waals surface area (Å²) in [6, 6.07) is 2.49. The van der Waals surface area contributed by atoms with Crippen LogP contribution >= 0.6 is 0 Å². The van der Waals surface area contributed by atoms with E-state index in [4.69, 9.17) is 9.66 Å². The maximum atomic E-state index is 10.3. The van der Waals surface area contributed by atoms with Crippen LogP contribution in [-0.4, -0.2) is 126 Å². The van der Waals surface area contributed by atoms with Gasteiger partial charge in [-0.3, -0.25) is 14.7 Å². The second-order valence-electron chi connectivity index (χ2n) is 2.42. The Balaban J connectivity index is 0. The molecular weight excluding hydrogens is 308 g/mol. The summed E-state index contributed by atoms with van der Waals surface area (Å²) >= 11 is 0. The smallest absolute Gasteiger partial charge is 0.446 e. The molecule has 0 aliphatic rings. The van der Waals surface area contributed by atoms with Crippen molar-refractivity contribution in [2.24, 2.45) is 0 Å². The SMILES string of the molecule is O=[N+]([O-])c1ccc(O)c(OS(=O)(=O)O)c1.[K].[K]. The number of nitrogens with zero attached hydrogens (tertiary/aromatic N) is 1. The van der Waals surface area contributed by atoms with E-state index in [-0.39, 0.29) is 103 Å². The van der Waals surface area contributed by atoms with Gasteiger partial charge in [-0.05, 0) is 6.07 Å². The van der Waals surface area contributed by atoms with Crippen LogP contribution in [-0.2, 0) is 10.4 Å².